The quantitative estimate of drug-likeness (QED) is 0.550. The van der Waals surface area contributed by atoms with Gasteiger partial charge in [-0.2, -0.15) is 0 Å². The fourth-order valence-corrected chi connectivity index (χ4v) is 3.11. The van der Waals surface area contributed by atoms with E-state index in [1.165, 1.54) is 17.0 Å². The van der Waals surface area contributed by atoms with E-state index in [0.717, 1.165) is 4.90 Å². The van der Waals surface area contributed by atoms with E-state index in [0.29, 0.717) is 0 Å². The Balaban J connectivity index is 2.39. The molecule has 0 bridgehead atoms. The van der Waals surface area contributed by atoms with Gasteiger partial charge < -0.3 is 26.0 Å². The molecule has 10 heteroatoms. The lowest BCUT2D eigenvalue weighted by Gasteiger charge is -2.30. The van der Waals surface area contributed by atoms with Crippen molar-refractivity contribution in [2.24, 2.45) is 11.7 Å². The summed E-state index contributed by atoms with van der Waals surface area (Å²) in [5.41, 5.74) is 5.60. The molecule has 1 heterocycles. The van der Waals surface area contributed by atoms with Gasteiger partial charge in [0.2, 0.25) is 17.7 Å². The molecule has 0 radical (unpaired) electrons. The minimum Gasteiger partial charge on any atom is -0.481 e. The summed E-state index contributed by atoms with van der Waals surface area (Å²) in [5.74, 6) is -3.94. The normalized spacial score (nSPS) is 16.1. The highest BCUT2D eigenvalue weighted by molar-refractivity contribution is 6.11. The van der Waals surface area contributed by atoms with Gasteiger partial charge in [0, 0.05) is 6.54 Å². The highest BCUT2D eigenvalue weighted by Gasteiger charge is 2.38. The molecule has 29 heavy (non-hydrogen) atoms. The molecule has 2 rings (SSSR count). The topological polar surface area (TPSA) is 150 Å². The second-order valence-electron chi connectivity index (χ2n) is 7.22. The lowest BCUT2D eigenvalue weighted by atomic mass is 10.1. The number of hydrogen-bond acceptors (Lipinski definition) is 5. The zero-order valence-corrected chi connectivity index (χ0v) is 16.3. The van der Waals surface area contributed by atoms with Crippen molar-refractivity contribution in [3.8, 4) is 0 Å². The van der Waals surface area contributed by atoms with E-state index >= 15 is 0 Å². The van der Waals surface area contributed by atoms with E-state index < -0.39 is 48.6 Å². The van der Waals surface area contributed by atoms with Crippen LogP contribution < -0.4 is 11.1 Å². The Labute approximate surface area is 167 Å². The average Bonchev–Trinajstić information content (AvgIpc) is 2.70. The molecule has 1 atom stereocenters. The molecular weight excluding hydrogens is 380 g/mol. The molecule has 4 N–H and O–H groups in total. The van der Waals surface area contributed by atoms with Gasteiger partial charge in [-0.3, -0.25) is 24.0 Å². The van der Waals surface area contributed by atoms with Gasteiger partial charge in [-0.25, -0.2) is 0 Å². The van der Waals surface area contributed by atoms with Crippen molar-refractivity contribution in [1.29, 1.82) is 0 Å². The van der Waals surface area contributed by atoms with Crippen LogP contribution >= 0.6 is 0 Å². The SMILES string of the molecule is CC(C)CN(CC(N)=O)C(=O)CN1C(=O)c2ccccc2NC(=O)[C@@H]1CC(=O)O. The number of carboxylic acids is 1. The van der Waals surface area contributed by atoms with Gasteiger partial charge in [-0.05, 0) is 18.1 Å². The summed E-state index contributed by atoms with van der Waals surface area (Å²) < 4.78 is 0. The Kier molecular flexibility index (Phi) is 6.92. The van der Waals surface area contributed by atoms with Gasteiger partial charge in [-0.1, -0.05) is 26.0 Å². The second kappa shape index (κ2) is 9.18. The van der Waals surface area contributed by atoms with E-state index in [4.69, 9.17) is 5.73 Å². The molecule has 1 aliphatic rings. The number of carbonyl (C=O) groups excluding carboxylic acids is 4. The molecule has 1 aromatic carbocycles. The van der Waals surface area contributed by atoms with E-state index in [1.807, 2.05) is 13.8 Å². The molecule has 0 spiro atoms. The summed E-state index contributed by atoms with van der Waals surface area (Å²) in [7, 11) is 0. The average molecular weight is 404 g/mol. The van der Waals surface area contributed by atoms with Gasteiger partial charge in [0.15, 0.2) is 0 Å². The maximum absolute atomic E-state index is 13.1. The largest absolute Gasteiger partial charge is 0.481 e. The second-order valence-corrected chi connectivity index (χ2v) is 7.22. The van der Waals surface area contributed by atoms with Crippen LogP contribution in [0.5, 0.6) is 0 Å². The van der Waals surface area contributed by atoms with Gasteiger partial charge >= 0.3 is 5.97 Å². The van der Waals surface area contributed by atoms with Gasteiger partial charge in [-0.15, -0.1) is 0 Å². The molecular formula is C19H24N4O6. The Bertz CT molecular complexity index is 838. The third-order valence-electron chi connectivity index (χ3n) is 4.31. The lowest BCUT2D eigenvalue weighted by molar-refractivity contribution is -0.142. The maximum atomic E-state index is 13.1. The number of benzene rings is 1. The summed E-state index contributed by atoms with van der Waals surface area (Å²) >= 11 is 0. The summed E-state index contributed by atoms with van der Waals surface area (Å²) in [6.07, 6.45) is -0.668. The monoisotopic (exact) mass is 404 g/mol. The standard InChI is InChI=1S/C19H24N4O6/c1-11(2)8-22(9-15(20)24)16(25)10-23-14(7-17(26)27)18(28)21-13-6-4-3-5-12(13)19(23)29/h3-6,11,14H,7-10H2,1-2H3,(H2,20,24)(H,21,28)(H,26,27)/t14-/m0/s1. The third-order valence-corrected chi connectivity index (χ3v) is 4.31. The molecule has 1 aliphatic heterocycles. The highest BCUT2D eigenvalue weighted by Crippen LogP contribution is 2.24. The van der Waals surface area contributed by atoms with Crippen molar-refractivity contribution in [2.75, 3.05) is 25.0 Å². The van der Waals surface area contributed by atoms with E-state index in [9.17, 15) is 29.1 Å². The number of nitrogens with one attached hydrogen (secondary N) is 1. The number of carboxylic acid groups (broad SMARTS) is 1. The molecule has 156 valence electrons. The number of rotatable bonds is 8. The minimum atomic E-state index is -1.38. The van der Waals surface area contributed by atoms with E-state index in [2.05, 4.69) is 5.32 Å². The number of nitrogens with two attached hydrogens (primary N) is 1. The maximum Gasteiger partial charge on any atom is 0.305 e. The molecule has 0 saturated heterocycles. The van der Waals surface area contributed by atoms with Crippen LogP contribution in [-0.4, -0.2) is 70.2 Å². The van der Waals surface area contributed by atoms with E-state index in [-0.39, 0.29) is 30.3 Å². The first kappa shape index (κ1) is 21.9. The molecule has 0 saturated carbocycles. The Morgan fingerprint density at radius 3 is 2.48 bits per heavy atom. The number of carbonyl (C=O) groups is 5. The predicted molar refractivity (Wildman–Crippen MR) is 103 cm³/mol. The molecule has 1 aromatic rings. The number of nitrogens with zero attached hydrogens (tertiary/aromatic N) is 2. The number of fused-ring (bicyclic) bond motifs is 1. The Morgan fingerprint density at radius 1 is 1.24 bits per heavy atom. The smallest absolute Gasteiger partial charge is 0.305 e. The molecule has 0 aliphatic carbocycles. The van der Waals surface area contributed by atoms with Crippen LogP contribution in [0.25, 0.3) is 0 Å². The van der Waals surface area contributed by atoms with Crippen molar-refractivity contribution in [1.82, 2.24) is 9.80 Å². The molecule has 0 aromatic heterocycles. The van der Waals surface area contributed by atoms with Crippen LogP contribution in [0.1, 0.15) is 30.6 Å². The van der Waals surface area contributed by atoms with Gasteiger partial charge in [0.05, 0.1) is 24.2 Å². The minimum absolute atomic E-state index is 0.0250. The summed E-state index contributed by atoms with van der Waals surface area (Å²) in [6, 6.07) is 4.83. The summed E-state index contributed by atoms with van der Waals surface area (Å²) in [5, 5.41) is 11.7. The number of aliphatic carboxylic acids is 1. The van der Waals surface area contributed by atoms with Crippen molar-refractivity contribution in [3.05, 3.63) is 29.8 Å². The summed E-state index contributed by atoms with van der Waals surface area (Å²) in [6.45, 7) is 3.00. The van der Waals surface area contributed by atoms with Crippen LogP contribution in [0.3, 0.4) is 0 Å². The zero-order chi connectivity index (χ0) is 21.7. The lowest BCUT2D eigenvalue weighted by Crippen LogP contribution is -2.52. The Hall–Kier alpha value is -3.43. The van der Waals surface area contributed by atoms with Crippen LogP contribution in [0, 0.1) is 5.92 Å². The first-order valence-electron chi connectivity index (χ1n) is 9.08. The number of primary amides is 1. The fourth-order valence-electron chi connectivity index (χ4n) is 3.11. The molecule has 0 unspecified atom stereocenters. The van der Waals surface area contributed by atoms with Crippen molar-refractivity contribution >= 4 is 35.3 Å². The van der Waals surface area contributed by atoms with Crippen LogP contribution in [0.15, 0.2) is 24.3 Å². The van der Waals surface area contributed by atoms with Crippen molar-refractivity contribution < 1.29 is 29.1 Å². The van der Waals surface area contributed by atoms with Gasteiger partial charge in [0.1, 0.15) is 12.6 Å². The molecule has 4 amide bonds. The first-order chi connectivity index (χ1) is 13.6. The number of hydrogen-bond donors (Lipinski definition) is 3. The first-order valence-corrected chi connectivity index (χ1v) is 9.08. The predicted octanol–water partition coefficient (Wildman–Crippen LogP) is -0.106. The summed E-state index contributed by atoms with van der Waals surface area (Å²) in [4.78, 5) is 63.3. The van der Waals surface area contributed by atoms with Crippen molar-refractivity contribution in [2.45, 2.75) is 26.3 Å². The van der Waals surface area contributed by atoms with Crippen LogP contribution in [0.2, 0.25) is 0 Å². The van der Waals surface area contributed by atoms with E-state index in [1.54, 1.807) is 12.1 Å². The van der Waals surface area contributed by atoms with Gasteiger partial charge in [0.25, 0.3) is 5.91 Å². The third kappa shape index (κ3) is 5.53. The number of anilines is 1. The zero-order valence-electron chi connectivity index (χ0n) is 16.3. The van der Waals surface area contributed by atoms with Crippen LogP contribution in [-0.2, 0) is 19.2 Å². The number of amides is 4. The number of para-hydroxylation sites is 1. The molecule has 0 fully saturated rings. The Morgan fingerprint density at radius 2 is 1.90 bits per heavy atom. The van der Waals surface area contributed by atoms with Crippen molar-refractivity contribution in [3.63, 3.8) is 0 Å². The molecule has 10 nitrogen and oxygen atoms in total. The highest BCUT2D eigenvalue weighted by atomic mass is 16.4. The fraction of sp³-hybridized carbons (Fsp3) is 0.421. The van der Waals surface area contributed by atoms with Crippen LogP contribution in [0.4, 0.5) is 5.69 Å².